The van der Waals surface area contributed by atoms with Crippen LogP contribution in [0.15, 0.2) is 40.2 Å². The van der Waals surface area contributed by atoms with E-state index in [1.807, 2.05) is 6.07 Å². The smallest absolute Gasteiger partial charge is 0.0525 e. The molecular weight excluding hydrogens is 342 g/mol. The Labute approximate surface area is 132 Å². The second-order valence-electron chi connectivity index (χ2n) is 4.71. The SMILES string of the molecule is CC(C)N(Cc1cccs1)c1cc(Br)ccc1CCl. The molecule has 0 atom stereocenters. The molecule has 0 saturated heterocycles. The van der Waals surface area contributed by atoms with Crippen molar-refractivity contribution in [1.29, 1.82) is 0 Å². The van der Waals surface area contributed by atoms with Crippen LogP contribution >= 0.6 is 38.9 Å². The van der Waals surface area contributed by atoms with Gasteiger partial charge in [0.2, 0.25) is 0 Å². The highest BCUT2D eigenvalue weighted by molar-refractivity contribution is 9.10. The second kappa shape index (κ2) is 6.78. The monoisotopic (exact) mass is 357 g/mol. The summed E-state index contributed by atoms with van der Waals surface area (Å²) in [6.07, 6.45) is 0. The van der Waals surface area contributed by atoms with Crippen molar-refractivity contribution in [3.63, 3.8) is 0 Å². The predicted molar refractivity (Wildman–Crippen MR) is 89.3 cm³/mol. The van der Waals surface area contributed by atoms with Gasteiger partial charge in [-0.05, 0) is 43.0 Å². The van der Waals surface area contributed by atoms with E-state index in [0.717, 1.165) is 11.0 Å². The highest BCUT2D eigenvalue weighted by atomic mass is 79.9. The van der Waals surface area contributed by atoms with Crippen LogP contribution in [0.2, 0.25) is 0 Å². The minimum Gasteiger partial charge on any atom is -0.364 e. The Balaban J connectivity index is 2.35. The molecule has 0 aliphatic carbocycles. The molecule has 0 unspecified atom stereocenters. The van der Waals surface area contributed by atoms with Crippen LogP contribution in [0, 0.1) is 0 Å². The molecule has 1 aromatic heterocycles. The van der Waals surface area contributed by atoms with Crippen molar-refractivity contribution >= 4 is 44.6 Å². The lowest BCUT2D eigenvalue weighted by atomic mass is 10.1. The van der Waals surface area contributed by atoms with Crippen LogP contribution in [0.25, 0.3) is 0 Å². The van der Waals surface area contributed by atoms with Crippen molar-refractivity contribution in [2.24, 2.45) is 0 Å². The van der Waals surface area contributed by atoms with Gasteiger partial charge in [-0.1, -0.05) is 28.1 Å². The molecule has 0 saturated carbocycles. The van der Waals surface area contributed by atoms with E-state index in [-0.39, 0.29) is 0 Å². The zero-order valence-electron chi connectivity index (χ0n) is 11.1. The number of thiophene rings is 1. The first-order chi connectivity index (χ1) is 9.11. The zero-order valence-corrected chi connectivity index (χ0v) is 14.2. The summed E-state index contributed by atoms with van der Waals surface area (Å²) in [7, 11) is 0. The predicted octanol–water partition coefficient (Wildman–Crippen LogP) is 5.66. The maximum absolute atomic E-state index is 6.08. The third-order valence-electron chi connectivity index (χ3n) is 3.03. The standard InChI is InChI=1S/C15H17BrClNS/c1-11(2)18(10-14-4-3-7-19-14)15-8-13(16)6-5-12(15)9-17/h3-8,11H,9-10H2,1-2H3. The molecule has 0 fully saturated rings. The molecule has 19 heavy (non-hydrogen) atoms. The topological polar surface area (TPSA) is 3.24 Å². The van der Waals surface area contributed by atoms with Gasteiger partial charge in [-0.3, -0.25) is 0 Å². The quantitative estimate of drug-likeness (QED) is 0.623. The maximum atomic E-state index is 6.08. The van der Waals surface area contributed by atoms with Crippen LogP contribution in [-0.4, -0.2) is 6.04 Å². The molecule has 0 radical (unpaired) electrons. The number of benzene rings is 1. The van der Waals surface area contributed by atoms with E-state index < -0.39 is 0 Å². The van der Waals surface area contributed by atoms with Gasteiger partial charge < -0.3 is 4.90 Å². The lowest BCUT2D eigenvalue weighted by molar-refractivity contribution is 0.684. The molecule has 0 aliphatic rings. The largest absolute Gasteiger partial charge is 0.364 e. The zero-order chi connectivity index (χ0) is 13.8. The Morgan fingerprint density at radius 1 is 1.32 bits per heavy atom. The summed E-state index contributed by atoms with van der Waals surface area (Å²) in [5, 5.41) is 2.12. The first kappa shape index (κ1) is 14.9. The molecule has 4 heteroatoms. The number of hydrogen-bond acceptors (Lipinski definition) is 2. The van der Waals surface area contributed by atoms with E-state index in [1.54, 1.807) is 11.3 Å². The molecule has 1 nitrogen and oxygen atoms in total. The molecule has 2 rings (SSSR count). The summed E-state index contributed by atoms with van der Waals surface area (Å²) >= 11 is 11.4. The maximum Gasteiger partial charge on any atom is 0.0525 e. The fourth-order valence-electron chi connectivity index (χ4n) is 2.03. The van der Waals surface area contributed by atoms with Crippen molar-refractivity contribution in [1.82, 2.24) is 0 Å². The first-order valence-electron chi connectivity index (χ1n) is 6.25. The summed E-state index contributed by atoms with van der Waals surface area (Å²) in [4.78, 5) is 3.77. The fraction of sp³-hybridized carbons (Fsp3) is 0.333. The molecule has 1 aromatic carbocycles. The highest BCUT2D eigenvalue weighted by Gasteiger charge is 2.15. The number of hydrogen-bond donors (Lipinski definition) is 0. The van der Waals surface area contributed by atoms with Crippen molar-refractivity contribution < 1.29 is 0 Å². The minimum atomic E-state index is 0.429. The van der Waals surface area contributed by atoms with Gasteiger partial charge in [-0.15, -0.1) is 22.9 Å². The van der Waals surface area contributed by atoms with Crippen LogP contribution in [0.3, 0.4) is 0 Å². The second-order valence-corrected chi connectivity index (χ2v) is 6.92. The number of nitrogens with zero attached hydrogens (tertiary/aromatic N) is 1. The Morgan fingerprint density at radius 2 is 2.11 bits per heavy atom. The molecule has 1 heterocycles. The Bertz CT molecular complexity index is 525. The van der Waals surface area contributed by atoms with Gasteiger partial charge in [0.1, 0.15) is 0 Å². The third kappa shape index (κ3) is 3.74. The number of anilines is 1. The van der Waals surface area contributed by atoms with Crippen LogP contribution in [0.4, 0.5) is 5.69 Å². The van der Waals surface area contributed by atoms with Crippen molar-refractivity contribution in [3.8, 4) is 0 Å². The van der Waals surface area contributed by atoms with Crippen LogP contribution in [0.1, 0.15) is 24.3 Å². The summed E-state index contributed by atoms with van der Waals surface area (Å²) in [6.45, 7) is 5.36. The van der Waals surface area contributed by atoms with E-state index in [1.165, 1.54) is 16.1 Å². The van der Waals surface area contributed by atoms with Gasteiger partial charge in [0.25, 0.3) is 0 Å². The number of halogens is 2. The third-order valence-corrected chi connectivity index (χ3v) is 4.67. The molecule has 102 valence electrons. The van der Waals surface area contributed by atoms with Crippen LogP contribution in [0.5, 0.6) is 0 Å². The van der Waals surface area contributed by atoms with Gasteiger partial charge in [0, 0.05) is 27.0 Å². The van der Waals surface area contributed by atoms with Crippen molar-refractivity contribution in [3.05, 3.63) is 50.6 Å². The summed E-state index contributed by atoms with van der Waals surface area (Å²) in [5.74, 6) is 0.538. The molecule has 0 bridgehead atoms. The summed E-state index contributed by atoms with van der Waals surface area (Å²) < 4.78 is 1.09. The van der Waals surface area contributed by atoms with E-state index in [9.17, 15) is 0 Å². The first-order valence-corrected chi connectivity index (χ1v) is 8.46. The van der Waals surface area contributed by atoms with E-state index in [4.69, 9.17) is 11.6 Å². The van der Waals surface area contributed by atoms with Crippen molar-refractivity contribution in [2.45, 2.75) is 32.3 Å². The van der Waals surface area contributed by atoms with E-state index in [0.29, 0.717) is 11.9 Å². The minimum absolute atomic E-state index is 0.429. The van der Waals surface area contributed by atoms with Gasteiger partial charge in [0.05, 0.1) is 6.54 Å². The number of alkyl halides is 1. The van der Waals surface area contributed by atoms with E-state index >= 15 is 0 Å². The molecule has 0 spiro atoms. The Kier molecular flexibility index (Phi) is 5.31. The molecule has 0 aliphatic heterocycles. The van der Waals surface area contributed by atoms with Crippen LogP contribution < -0.4 is 4.90 Å². The van der Waals surface area contributed by atoms with E-state index in [2.05, 4.69) is 64.3 Å². The Morgan fingerprint density at radius 3 is 2.68 bits per heavy atom. The van der Waals surface area contributed by atoms with Gasteiger partial charge in [0.15, 0.2) is 0 Å². The highest BCUT2D eigenvalue weighted by Crippen LogP contribution is 2.30. The summed E-state index contributed by atoms with van der Waals surface area (Å²) in [6, 6.07) is 11.0. The molecule has 0 amide bonds. The average molecular weight is 359 g/mol. The average Bonchev–Trinajstić information content (AvgIpc) is 2.88. The molecule has 2 aromatic rings. The molecular formula is C15H17BrClNS. The molecule has 0 N–H and O–H groups in total. The lowest BCUT2D eigenvalue weighted by Crippen LogP contribution is -2.30. The normalized spacial score (nSPS) is 11.0. The van der Waals surface area contributed by atoms with Gasteiger partial charge in [-0.2, -0.15) is 0 Å². The van der Waals surface area contributed by atoms with Gasteiger partial charge in [-0.25, -0.2) is 0 Å². The van der Waals surface area contributed by atoms with Gasteiger partial charge >= 0.3 is 0 Å². The Hall–Kier alpha value is -0.510. The van der Waals surface area contributed by atoms with Crippen molar-refractivity contribution in [2.75, 3.05) is 4.90 Å². The number of rotatable bonds is 5. The van der Waals surface area contributed by atoms with Crippen LogP contribution in [-0.2, 0) is 12.4 Å². The fourth-order valence-corrected chi connectivity index (χ4v) is 3.31. The summed E-state index contributed by atoms with van der Waals surface area (Å²) in [5.41, 5.74) is 2.39. The lowest BCUT2D eigenvalue weighted by Gasteiger charge is -2.30.